The summed E-state index contributed by atoms with van der Waals surface area (Å²) in [5.41, 5.74) is -0.452. The highest BCUT2D eigenvalue weighted by molar-refractivity contribution is 5.95. The molecule has 1 aliphatic rings. The molecule has 1 atom stereocenters. The second-order valence-electron chi connectivity index (χ2n) is 5.32. The zero-order chi connectivity index (χ0) is 14.8. The summed E-state index contributed by atoms with van der Waals surface area (Å²) < 4.78 is 0. The molecule has 1 fully saturated rings. The molecule has 0 aliphatic carbocycles. The van der Waals surface area contributed by atoms with Crippen molar-refractivity contribution in [1.29, 1.82) is 0 Å². The molecular weight excluding hydrogens is 258 g/mol. The molecule has 1 aliphatic heterocycles. The van der Waals surface area contributed by atoms with E-state index in [9.17, 15) is 19.8 Å². The van der Waals surface area contributed by atoms with Crippen LogP contribution >= 0.6 is 0 Å². The molecule has 1 aromatic rings. The SMILES string of the molecule is CCC1(C(=O)O)CCCN(C(=O)c2cccc(O)c2)C1. The Morgan fingerprint density at radius 3 is 2.75 bits per heavy atom. The van der Waals surface area contributed by atoms with E-state index in [0.29, 0.717) is 31.4 Å². The lowest BCUT2D eigenvalue weighted by atomic mass is 9.77. The van der Waals surface area contributed by atoms with Crippen LogP contribution in [0.4, 0.5) is 0 Å². The third-order valence-corrected chi connectivity index (χ3v) is 4.09. The van der Waals surface area contributed by atoms with E-state index in [1.54, 1.807) is 17.0 Å². The minimum Gasteiger partial charge on any atom is -0.508 e. The van der Waals surface area contributed by atoms with Gasteiger partial charge in [0.1, 0.15) is 5.75 Å². The number of carboxylic acid groups (broad SMARTS) is 1. The monoisotopic (exact) mass is 277 g/mol. The van der Waals surface area contributed by atoms with Crippen LogP contribution in [0.5, 0.6) is 5.75 Å². The molecule has 5 nitrogen and oxygen atoms in total. The Balaban J connectivity index is 2.21. The Bertz CT molecular complexity index is 528. The first-order valence-corrected chi connectivity index (χ1v) is 6.80. The third-order valence-electron chi connectivity index (χ3n) is 4.09. The maximum atomic E-state index is 12.4. The molecule has 1 aromatic carbocycles. The topological polar surface area (TPSA) is 77.8 Å². The number of carbonyl (C=O) groups is 2. The third kappa shape index (κ3) is 2.61. The number of rotatable bonds is 3. The van der Waals surface area contributed by atoms with E-state index >= 15 is 0 Å². The van der Waals surface area contributed by atoms with Gasteiger partial charge in [-0.25, -0.2) is 0 Å². The van der Waals surface area contributed by atoms with Gasteiger partial charge in [0.2, 0.25) is 0 Å². The number of nitrogens with zero attached hydrogens (tertiary/aromatic N) is 1. The average molecular weight is 277 g/mol. The lowest BCUT2D eigenvalue weighted by molar-refractivity contribution is -0.152. The van der Waals surface area contributed by atoms with Gasteiger partial charge in [0, 0.05) is 18.7 Å². The average Bonchev–Trinajstić information content (AvgIpc) is 2.46. The minimum atomic E-state index is -0.843. The van der Waals surface area contributed by atoms with Gasteiger partial charge < -0.3 is 15.1 Å². The standard InChI is InChI=1S/C15H19NO4/c1-2-15(14(19)20)7-4-8-16(10-15)13(18)11-5-3-6-12(17)9-11/h3,5-6,9,17H,2,4,7-8,10H2,1H3,(H,19,20). The molecule has 2 N–H and O–H groups in total. The molecule has 0 radical (unpaired) electrons. The van der Waals surface area contributed by atoms with Crippen LogP contribution in [0.2, 0.25) is 0 Å². The molecule has 108 valence electrons. The van der Waals surface area contributed by atoms with Crippen molar-refractivity contribution in [1.82, 2.24) is 4.90 Å². The number of phenolic OH excluding ortho intramolecular Hbond substituents is 1. The summed E-state index contributed by atoms with van der Waals surface area (Å²) in [6, 6.07) is 6.15. The van der Waals surface area contributed by atoms with Crippen LogP contribution in [0.15, 0.2) is 24.3 Å². The van der Waals surface area contributed by atoms with Crippen LogP contribution in [0, 0.1) is 5.41 Å². The highest BCUT2D eigenvalue weighted by Crippen LogP contribution is 2.34. The Labute approximate surface area is 117 Å². The van der Waals surface area contributed by atoms with Crippen LogP contribution in [-0.4, -0.2) is 40.1 Å². The largest absolute Gasteiger partial charge is 0.508 e. The van der Waals surface area contributed by atoms with Crippen molar-refractivity contribution in [3.63, 3.8) is 0 Å². The van der Waals surface area contributed by atoms with E-state index < -0.39 is 11.4 Å². The van der Waals surface area contributed by atoms with E-state index in [2.05, 4.69) is 0 Å². The molecule has 5 heteroatoms. The number of likely N-dealkylation sites (tertiary alicyclic amines) is 1. The Hall–Kier alpha value is -2.04. The smallest absolute Gasteiger partial charge is 0.311 e. The lowest BCUT2D eigenvalue weighted by Gasteiger charge is -2.39. The molecule has 1 heterocycles. The molecule has 20 heavy (non-hydrogen) atoms. The van der Waals surface area contributed by atoms with Crippen molar-refractivity contribution < 1.29 is 19.8 Å². The van der Waals surface area contributed by atoms with Gasteiger partial charge in [-0.05, 0) is 37.5 Å². The number of carboxylic acids is 1. The summed E-state index contributed by atoms with van der Waals surface area (Å²) in [6.07, 6.45) is 1.79. The summed E-state index contributed by atoms with van der Waals surface area (Å²) in [5, 5.41) is 18.9. The number of amides is 1. The first-order chi connectivity index (χ1) is 9.48. The number of benzene rings is 1. The van der Waals surface area contributed by atoms with Crippen LogP contribution in [0.3, 0.4) is 0 Å². The van der Waals surface area contributed by atoms with Gasteiger partial charge in [0.05, 0.1) is 5.41 Å². The maximum absolute atomic E-state index is 12.4. The number of hydrogen-bond donors (Lipinski definition) is 2. The molecular formula is C15H19NO4. The van der Waals surface area contributed by atoms with Gasteiger partial charge in [0.25, 0.3) is 5.91 Å². The summed E-state index contributed by atoms with van der Waals surface area (Å²) in [6.45, 7) is 2.63. The molecule has 0 spiro atoms. The quantitative estimate of drug-likeness (QED) is 0.887. The second-order valence-corrected chi connectivity index (χ2v) is 5.32. The van der Waals surface area contributed by atoms with E-state index in [4.69, 9.17) is 0 Å². The van der Waals surface area contributed by atoms with Crippen molar-refractivity contribution >= 4 is 11.9 Å². The van der Waals surface area contributed by atoms with Gasteiger partial charge in [-0.3, -0.25) is 9.59 Å². The molecule has 1 unspecified atom stereocenters. The van der Waals surface area contributed by atoms with Gasteiger partial charge in [0.15, 0.2) is 0 Å². The van der Waals surface area contributed by atoms with Crippen molar-refractivity contribution in [2.75, 3.05) is 13.1 Å². The predicted molar refractivity (Wildman–Crippen MR) is 73.6 cm³/mol. The predicted octanol–water partition coefficient (Wildman–Crippen LogP) is 2.11. The number of phenols is 1. The number of piperidine rings is 1. The van der Waals surface area contributed by atoms with E-state index in [1.165, 1.54) is 12.1 Å². The summed E-state index contributed by atoms with van der Waals surface area (Å²) in [4.78, 5) is 25.5. The Morgan fingerprint density at radius 2 is 2.15 bits per heavy atom. The van der Waals surface area contributed by atoms with Crippen molar-refractivity contribution in [2.45, 2.75) is 26.2 Å². The lowest BCUT2D eigenvalue weighted by Crippen LogP contribution is -2.49. The number of aliphatic carboxylic acids is 1. The summed E-state index contributed by atoms with van der Waals surface area (Å²) in [7, 11) is 0. The van der Waals surface area contributed by atoms with Gasteiger partial charge in [-0.2, -0.15) is 0 Å². The molecule has 0 saturated carbocycles. The van der Waals surface area contributed by atoms with Gasteiger partial charge in [-0.15, -0.1) is 0 Å². The molecule has 0 bridgehead atoms. The van der Waals surface area contributed by atoms with E-state index in [-0.39, 0.29) is 18.2 Å². The van der Waals surface area contributed by atoms with Crippen molar-refractivity contribution in [3.05, 3.63) is 29.8 Å². The maximum Gasteiger partial charge on any atom is 0.311 e. The van der Waals surface area contributed by atoms with Crippen LogP contribution in [-0.2, 0) is 4.79 Å². The molecule has 1 saturated heterocycles. The van der Waals surface area contributed by atoms with Crippen LogP contribution in [0.1, 0.15) is 36.5 Å². The zero-order valence-electron chi connectivity index (χ0n) is 11.5. The van der Waals surface area contributed by atoms with Crippen LogP contribution in [0.25, 0.3) is 0 Å². The zero-order valence-corrected chi connectivity index (χ0v) is 11.5. The Kier molecular flexibility index (Phi) is 3.97. The number of hydrogen-bond acceptors (Lipinski definition) is 3. The first-order valence-electron chi connectivity index (χ1n) is 6.80. The van der Waals surface area contributed by atoms with Crippen LogP contribution < -0.4 is 0 Å². The second kappa shape index (κ2) is 5.53. The summed E-state index contributed by atoms with van der Waals surface area (Å²) in [5.74, 6) is -1.03. The molecule has 0 aromatic heterocycles. The molecule has 1 amide bonds. The Morgan fingerprint density at radius 1 is 1.40 bits per heavy atom. The van der Waals surface area contributed by atoms with E-state index in [1.807, 2.05) is 6.92 Å². The normalized spacial score (nSPS) is 22.6. The van der Waals surface area contributed by atoms with Gasteiger partial charge >= 0.3 is 5.97 Å². The fourth-order valence-corrected chi connectivity index (χ4v) is 2.74. The molecule has 2 rings (SSSR count). The fraction of sp³-hybridized carbons (Fsp3) is 0.467. The van der Waals surface area contributed by atoms with Crippen molar-refractivity contribution in [2.24, 2.45) is 5.41 Å². The van der Waals surface area contributed by atoms with Gasteiger partial charge in [-0.1, -0.05) is 13.0 Å². The first kappa shape index (κ1) is 14.4. The highest BCUT2D eigenvalue weighted by atomic mass is 16.4. The number of carbonyl (C=O) groups excluding carboxylic acids is 1. The minimum absolute atomic E-state index is 0.0350. The number of aromatic hydroxyl groups is 1. The fourth-order valence-electron chi connectivity index (χ4n) is 2.74. The van der Waals surface area contributed by atoms with E-state index in [0.717, 1.165) is 0 Å². The van der Waals surface area contributed by atoms with Crippen molar-refractivity contribution in [3.8, 4) is 5.75 Å². The highest BCUT2D eigenvalue weighted by Gasteiger charge is 2.42. The summed E-state index contributed by atoms with van der Waals surface area (Å²) >= 11 is 0.